The lowest BCUT2D eigenvalue weighted by atomic mass is 9.83. The standard InChI is InChI=1S/C21H22N2O4S/c1-14(24)22-11-16-12-23(20-9-4-3-8-18(20)19(16)13-22)21(25)15-6-5-7-17(10-15)28(2,26)27/h3-10,16,19H,11-13H2,1-2H3. The van der Waals surface area contributed by atoms with E-state index in [-0.39, 0.29) is 28.5 Å². The fraction of sp³-hybridized carbons (Fsp3) is 0.333. The number of sulfone groups is 1. The van der Waals surface area contributed by atoms with Crippen LogP contribution in [-0.4, -0.2) is 51.0 Å². The number of benzene rings is 2. The Morgan fingerprint density at radius 3 is 2.46 bits per heavy atom. The van der Waals surface area contributed by atoms with Gasteiger partial charge >= 0.3 is 0 Å². The number of hydrogen-bond donors (Lipinski definition) is 0. The van der Waals surface area contributed by atoms with Crippen LogP contribution in [0.1, 0.15) is 28.8 Å². The zero-order valence-electron chi connectivity index (χ0n) is 15.8. The first-order valence-electron chi connectivity index (χ1n) is 9.22. The average Bonchev–Trinajstić information content (AvgIpc) is 3.11. The van der Waals surface area contributed by atoms with E-state index in [1.165, 1.54) is 12.1 Å². The topological polar surface area (TPSA) is 74.8 Å². The maximum absolute atomic E-state index is 13.3. The van der Waals surface area contributed by atoms with Crippen molar-refractivity contribution >= 4 is 27.3 Å². The molecule has 4 rings (SSSR count). The Balaban J connectivity index is 1.72. The van der Waals surface area contributed by atoms with Crippen molar-refractivity contribution in [1.82, 2.24) is 4.90 Å². The summed E-state index contributed by atoms with van der Waals surface area (Å²) in [7, 11) is -3.40. The van der Waals surface area contributed by atoms with Gasteiger partial charge < -0.3 is 9.80 Å². The number of nitrogens with zero attached hydrogens (tertiary/aromatic N) is 2. The molecular weight excluding hydrogens is 376 g/mol. The zero-order valence-corrected chi connectivity index (χ0v) is 16.6. The molecule has 2 amide bonds. The SMILES string of the molecule is CC(=O)N1CC2CN(C(=O)c3cccc(S(C)(=O)=O)c3)c3ccccc3C2C1. The van der Waals surface area contributed by atoms with Gasteiger partial charge in [-0.2, -0.15) is 0 Å². The van der Waals surface area contributed by atoms with Crippen molar-refractivity contribution in [2.75, 3.05) is 30.8 Å². The van der Waals surface area contributed by atoms with Crippen LogP contribution in [0.25, 0.3) is 0 Å². The molecule has 6 nitrogen and oxygen atoms in total. The molecule has 0 radical (unpaired) electrons. The Hall–Kier alpha value is -2.67. The second-order valence-corrected chi connectivity index (χ2v) is 9.58. The van der Waals surface area contributed by atoms with Crippen LogP contribution in [0.15, 0.2) is 53.4 Å². The normalized spacial score (nSPS) is 21.2. The second kappa shape index (κ2) is 6.74. The molecule has 2 aliphatic rings. The Morgan fingerprint density at radius 1 is 1.00 bits per heavy atom. The fourth-order valence-electron chi connectivity index (χ4n) is 4.25. The van der Waals surface area contributed by atoms with Gasteiger partial charge in [-0.15, -0.1) is 0 Å². The summed E-state index contributed by atoms with van der Waals surface area (Å²) in [5.74, 6) is 0.204. The van der Waals surface area contributed by atoms with E-state index in [0.29, 0.717) is 25.2 Å². The van der Waals surface area contributed by atoms with Crippen LogP contribution in [0.3, 0.4) is 0 Å². The molecular formula is C21H22N2O4S. The average molecular weight is 398 g/mol. The number of amides is 2. The molecule has 0 bridgehead atoms. The first-order chi connectivity index (χ1) is 13.3. The predicted molar refractivity (Wildman–Crippen MR) is 106 cm³/mol. The van der Waals surface area contributed by atoms with Gasteiger partial charge in [0.1, 0.15) is 0 Å². The summed E-state index contributed by atoms with van der Waals surface area (Å²) < 4.78 is 23.7. The van der Waals surface area contributed by atoms with E-state index < -0.39 is 9.84 Å². The summed E-state index contributed by atoms with van der Waals surface area (Å²) in [6, 6.07) is 13.9. The number of likely N-dealkylation sites (tertiary alicyclic amines) is 1. The molecule has 28 heavy (non-hydrogen) atoms. The van der Waals surface area contributed by atoms with Gasteiger partial charge in [-0.3, -0.25) is 9.59 Å². The number of rotatable bonds is 2. The van der Waals surface area contributed by atoms with Gasteiger partial charge in [-0.25, -0.2) is 8.42 Å². The van der Waals surface area contributed by atoms with Crippen LogP contribution in [-0.2, 0) is 14.6 Å². The number of carbonyl (C=O) groups is 2. The first kappa shape index (κ1) is 18.7. The van der Waals surface area contributed by atoms with E-state index in [0.717, 1.165) is 17.5 Å². The van der Waals surface area contributed by atoms with Crippen LogP contribution in [0, 0.1) is 5.92 Å². The predicted octanol–water partition coefficient (Wildman–Crippen LogP) is 2.31. The highest BCUT2D eigenvalue weighted by Crippen LogP contribution is 2.43. The van der Waals surface area contributed by atoms with Gasteiger partial charge in [-0.05, 0) is 29.8 Å². The molecule has 2 atom stereocenters. The maximum Gasteiger partial charge on any atom is 0.258 e. The molecule has 0 aliphatic carbocycles. The van der Waals surface area contributed by atoms with Crippen LogP contribution < -0.4 is 4.90 Å². The van der Waals surface area contributed by atoms with E-state index in [2.05, 4.69) is 0 Å². The lowest BCUT2D eigenvalue weighted by Crippen LogP contribution is -2.41. The second-order valence-electron chi connectivity index (χ2n) is 7.57. The Morgan fingerprint density at radius 2 is 1.75 bits per heavy atom. The third kappa shape index (κ3) is 3.20. The molecule has 2 aromatic carbocycles. The monoisotopic (exact) mass is 398 g/mol. The third-order valence-corrected chi connectivity index (χ3v) is 6.79. The minimum absolute atomic E-state index is 0.0469. The van der Waals surface area contributed by atoms with E-state index in [4.69, 9.17) is 0 Å². The van der Waals surface area contributed by atoms with E-state index in [1.807, 2.05) is 29.2 Å². The van der Waals surface area contributed by atoms with Gasteiger partial charge in [0.2, 0.25) is 5.91 Å². The quantitative estimate of drug-likeness (QED) is 0.778. The van der Waals surface area contributed by atoms with Crippen molar-refractivity contribution in [2.45, 2.75) is 17.7 Å². The Kier molecular flexibility index (Phi) is 4.50. The van der Waals surface area contributed by atoms with E-state index >= 15 is 0 Å². The van der Waals surface area contributed by atoms with Crippen molar-refractivity contribution in [3.63, 3.8) is 0 Å². The lowest BCUT2D eigenvalue weighted by molar-refractivity contribution is -0.127. The highest BCUT2D eigenvalue weighted by atomic mass is 32.2. The first-order valence-corrected chi connectivity index (χ1v) is 11.1. The van der Waals surface area contributed by atoms with Gasteiger partial charge in [0.25, 0.3) is 5.91 Å². The summed E-state index contributed by atoms with van der Waals surface area (Å²) in [4.78, 5) is 28.8. The van der Waals surface area contributed by atoms with Gasteiger partial charge in [-0.1, -0.05) is 24.3 Å². The van der Waals surface area contributed by atoms with Crippen molar-refractivity contribution in [3.05, 3.63) is 59.7 Å². The van der Waals surface area contributed by atoms with Crippen molar-refractivity contribution in [3.8, 4) is 0 Å². The number of carbonyl (C=O) groups excluding carboxylic acids is 2. The summed E-state index contributed by atoms with van der Waals surface area (Å²) in [5, 5.41) is 0. The Bertz CT molecular complexity index is 1060. The highest BCUT2D eigenvalue weighted by molar-refractivity contribution is 7.90. The maximum atomic E-state index is 13.3. The van der Waals surface area contributed by atoms with Crippen LogP contribution in [0.4, 0.5) is 5.69 Å². The van der Waals surface area contributed by atoms with Crippen molar-refractivity contribution in [2.24, 2.45) is 5.92 Å². The van der Waals surface area contributed by atoms with E-state index in [9.17, 15) is 18.0 Å². The minimum Gasteiger partial charge on any atom is -0.342 e. The van der Waals surface area contributed by atoms with Crippen molar-refractivity contribution in [1.29, 1.82) is 0 Å². The van der Waals surface area contributed by atoms with Crippen LogP contribution >= 0.6 is 0 Å². The summed E-state index contributed by atoms with van der Waals surface area (Å²) in [5.41, 5.74) is 2.25. The largest absolute Gasteiger partial charge is 0.342 e. The minimum atomic E-state index is -3.40. The molecule has 1 saturated heterocycles. The molecule has 0 saturated carbocycles. The fourth-order valence-corrected chi connectivity index (χ4v) is 4.92. The van der Waals surface area contributed by atoms with Crippen LogP contribution in [0.2, 0.25) is 0 Å². The molecule has 146 valence electrons. The molecule has 2 unspecified atom stereocenters. The molecule has 7 heteroatoms. The van der Waals surface area contributed by atoms with Gasteiger partial charge in [0, 0.05) is 55.9 Å². The highest BCUT2D eigenvalue weighted by Gasteiger charge is 2.42. The number of hydrogen-bond acceptors (Lipinski definition) is 4. The summed E-state index contributed by atoms with van der Waals surface area (Å²) >= 11 is 0. The smallest absolute Gasteiger partial charge is 0.258 e. The third-order valence-electron chi connectivity index (χ3n) is 5.68. The summed E-state index contributed by atoms with van der Waals surface area (Å²) in [6.45, 7) is 3.38. The van der Waals surface area contributed by atoms with Crippen molar-refractivity contribution < 1.29 is 18.0 Å². The summed E-state index contributed by atoms with van der Waals surface area (Å²) in [6.07, 6.45) is 1.13. The lowest BCUT2D eigenvalue weighted by Gasteiger charge is -2.36. The van der Waals surface area contributed by atoms with Crippen LogP contribution in [0.5, 0.6) is 0 Å². The molecule has 2 heterocycles. The molecule has 2 aliphatic heterocycles. The van der Waals surface area contributed by atoms with Gasteiger partial charge in [0.05, 0.1) is 4.90 Å². The van der Waals surface area contributed by atoms with Gasteiger partial charge in [0.15, 0.2) is 9.84 Å². The number of anilines is 1. The zero-order chi connectivity index (χ0) is 20.1. The molecule has 1 fully saturated rings. The molecule has 2 aromatic rings. The van der Waals surface area contributed by atoms with E-state index in [1.54, 1.807) is 24.0 Å². The number of fused-ring (bicyclic) bond motifs is 3. The number of para-hydroxylation sites is 1. The molecule has 0 spiro atoms. The molecule has 0 N–H and O–H groups in total. The Labute approximate surface area is 164 Å². The molecule has 0 aromatic heterocycles.